The molecule has 8 heteroatoms. The molecule has 0 rings (SSSR count). The van der Waals surface area contributed by atoms with Crippen LogP contribution in [0.25, 0.3) is 0 Å². The van der Waals surface area contributed by atoms with Crippen LogP contribution in [0, 0.1) is 0 Å². The molecule has 106 valence electrons. The van der Waals surface area contributed by atoms with Crippen molar-refractivity contribution in [1.82, 2.24) is 10.9 Å². The Morgan fingerprint density at radius 1 is 1.17 bits per heavy atom. The van der Waals surface area contributed by atoms with E-state index < -0.39 is 36.9 Å². The van der Waals surface area contributed by atoms with E-state index in [2.05, 4.69) is 17.4 Å². The van der Waals surface area contributed by atoms with Gasteiger partial charge in [-0.2, -0.15) is 0 Å². The predicted molar refractivity (Wildman–Crippen MR) is 62.1 cm³/mol. The van der Waals surface area contributed by atoms with Gasteiger partial charge in [-0.1, -0.05) is 6.58 Å². The number of carbonyl (C=O) groups excluding carboxylic acids is 1. The molecular formula is C10H20N2O6. The van der Waals surface area contributed by atoms with Gasteiger partial charge in [-0.15, -0.1) is 0 Å². The molecule has 0 aliphatic rings. The summed E-state index contributed by atoms with van der Waals surface area (Å²) < 4.78 is 0. The van der Waals surface area contributed by atoms with E-state index in [1.54, 1.807) is 0 Å². The first kappa shape index (κ1) is 17.0. The average molecular weight is 264 g/mol. The van der Waals surface area contributed by atoms with Crippen LogP contribution in [0.2, 0.25) is 0 Å². The van der Waals surface area contributed by atoms with Crippen molar-refractivity contribution in [2.24, 2.45) is 0 Å². The number of aliphatic hydroxyl groups excluding tert-OH is 5. The van der Waals surface area contributed by atoms with Crippen molar-refractivity contribution >= 4 is 5.91 Å². The topological polar surface area (TPSA) is 142 Å². The van der Waals surface area contributed by atoms with Gasteiger partial charge in [0.15, 0.2) is 0 Å². The second-order valence-electron chi connectivity index (χ2n) is 3.91. The Morgan fingerprint density at radius 2 is 1.67 bits per heavy atom. The van der Waals surface area contributed by atoms with Crippen LogP contribution in [0.4, 0.5) is 0 Å². The molecule has 0 bridgehead atoms. The molecule has 0 aromatic rings. The highest BCUT2D eigenvalue weighted by Gasteiger charge is 2.29. The molecular weight excluding hydrogens is 244 g/mol. The van der Waals surface area contributed by atoms with E-state index >= 15 is 0 Å². The summed E-state index contributed by atoms with van der Waals surface area (Å²) in [4.78, 5) is 11.0. The number of rotatable bonds is 8. The third-order valence-electron chi connectivity index (χ3n) is 2.23. The molecule has 18 heavy (non-hydrogen) atoms. The van der Waals surface area contributed by atoms with Crippen LogP contribution in [0.5, 0.6) is 0 Å². The maximum absolute atomic E-state index is 11.0. The minimum absolute atomic E-state index is 0.255. The molecule has 0 saturated heterocycles. The number of carbonyl (C=O) groups is 1. The quantitative estimate of drug-likeness (QED) is 0.179. The zero-order chi connectivity index (χ0) is 14.3. The number of amides is 1. The normalized spacial score (nSPS) is 17.7. The van der Waals surface area contributed by atoms with Gasteiger partial charge in [0.2, 0.25) is 0 Å². The Morgan fingerprint density at radius 3 is 2.11 bits per heavy atom. The van der Waals surface area contributed by atoms with E-state index in [0.717, 1.165) is 0 Å². The summed E-state index contributed by atoms with van der Waals surface area (Å²) >= 11 is 0. The first-order valence-corrected chi connectivity index (χ1v) is 5.33. The van der Waals surface area contributed by atoms with Crippen LogP contribution in [0.15, 0.2) is 12.2 Å². The Bertz CT molecular complexity index is 286. The van der Waals surface area contributed by atoms with Crippen molar-refractivity contribution in [2.75, 3.05) is 13.2 Å². The molecule has 0 aromatic heterocycles. The van der Waals surface area contributed by atoms with Crippen molar-refractivity contribution in [1.29, 1.82) is 0 Å². The fraction of sp³-hybridized carbons (Fsp3) is 0.700. The Kier molecular flexibility index (Phi) is 7.67. The van der Waals surface area contributed by atoms with Gasteiger partial charge in [0.05, 0.1) is 12.7 Å². The van der Waals surface area contributed by atoms with Gasteiger partial charge in [-0.3, -0.25) is 10.2 Å². The molecule has 0 aliphatic heterocycles. The largest absolute Gasteiger partial charge is 0.394 e. The van der Waals surface area contributed by atoms with Crippen molar-refractivity contribution in [3.05, 3.63) is 12.2 Å². The van der Waals surface area contributed by atoms with Crippen molar-refractivity contribution in [3.8, 4) is 0 Å². The van der Waals surface area contributed by atoms with Gasteiger partial charge >= 0.3 is 0 Å². The molecule has 0 saturated carbocycles. The fourth-order valence-electron chi connectivity index (χ4n) is 1.03. The molecule has 1 amide bonds. The summed E-state index contributed by atoms with van der Waals surface area (Å²) in [6, 6.07) is 0. The summed E-state index contributed by atoms with van der Waals surface area (Å²) in [6.07, 6.45) is -6.35. The third kappa shape index (κ3) is 5.54. The molecule has 0 heterocycles. The highest BCUT2D eigenvalue weighted by Crippen LogP contribution is 2.04. The van der Waals surface area contributed by atoms with Gasteiger partial charge < -0.3 is 25.5 Å². The first-order chi connectivity index (χ1) is 8.31. The van der Waals surface area contributed by atoms with E-state index in [9.17, 15) is 20.1 Å². The molecule has 0 aromatic carbocycles. The molecule has 7 N–H and O–H groups in total. The van der Waals surface area contributed by atoms with Gasteiger partial charge in [0, 0.05) is 12.1 Å². The minimum atomic E-state index is -1.69. The van der Waals surface area contributed by atoms with E-state index in [0.29, 0.717) is 0 Å². The van der Waals surface area contributed by atoms with E-state index in [1.165, 1.54) is 6.92 Å². The summed E-state index contributed by atoms with van der Waals surface area (Å²) in [5.41, 5.74) is 4.79. The third-order valence-corrected chi connectivity index (χ3v) is 2.23. The van der Waals surface area contributed by atoms with Crippen LogP contribution < -0.4 is 10.9 Å². The molecule has 4 unspecified atom stereocenters. The summed E-state index contributed by atoms with van der Waals surface area (Å²) in [7, 11) is 0. The number of hydrogen-bond acceptors (Lipinski definition) is 7. The first-order valence-electron chi connectivity index (χ1n) is 5.33. The number of nitrogens with one attached hydrogen (secondary N) is 2. The minimum Gasteiger partial charge on any atom is -0.394 e. The lowest BCUT2D eigenvalue weighted by atomic mass is 10.0. The number of aliphatic hydroxyl groups is 5. The summed E-state index contributed by atoms with van der Waals surface area (Å²) in [6.45, 7) is 3.88. The second kappa shape index (κ2) is 8.14. The molecule has 4 atom stereocenters. The SMILES string of the molecule is C=C(C)C(=O)NNCC(O)C(O)C(O)C(O)CO. The summed E-state index contributed by atoms with van der Waals surface area (Å²) in [5, 5.41) is 45.8. The van der Waals surface area contributed by atoms with Crippen LogP contribution in [-0.4, -0.2) is 69.0 Å². The molecule has 0 radical (unpaired) electrons. The Balaban J connectivity index is 4.05. The van der Waals surface area contributed by atoms with E-state index in [-0.39, 0.29) is 12.1 Å². The molecule has 0 spiro atoms. The summed E-state index contributed by atoms with van der Waals surface area (Å²) in [5.74, 6) is -0.479. The van der Waals surface area contributed by atoms with Crippen molar-refractivity contribution in [3.63, 3.8) is 0 Å². The monoisotopic (exact) mass is 264 g/mol. The zero-order valence-electron chi connectivity index (χ0n) is 10.1. The molecule has 0 aliphatic carbocycles. The van der Waals surface area contributed by atoms with Crippen LogP contribution in [0.1, 0.15) is 6.92 Å². The number of hydrazine groups is 1. The van der Waals surface area contributed by atoms with Crippen LogP contribution in [-0.2, 0) is 4.79 Å². The predicted octanol–water partition coefficient (Wildman–Crippen LogP) is -3.38. The van der Waals surface area contributed by atoms with Gasteiger partial charge in [0.25, 0.3) is 5.91 Å². The molecule has 8 nitrogen and oxygen atoms in total. The fourth-order valence-corrected chi connectivity index (χ4v) is 1.03. The van der Waals surface area contributed by atoms with Crippen molar-refractivity contribution in [2.45, 2.75) is 31.3 Å². The Hall–Kier alpha value is -1.03. The lowest BCUT2D eigenvalue weighted by molar-refractivity contribution is -0.121. The van der Waals surface area contributed by atoms with Gasteiger partial charge in [0.1, 0.15) is 18.3 Å². The van der Waals surface area contributed by atoms with Gasteiger partial charge in [-0.25, -0.2) is 5.43 Å². The maximum atomic E-state index is 11.0. The smallest absolute Gasteiger partial charge is 0.260 e. The lowest BCUT2D eigenvalue weighted by Crippen LogP contribution is -2.51. The number of hydrogen-bond donors (Lipinski definition) is 7. The highest BCUT2D eigenvalue weighted by atomic mass is 16.4. The lowest BCUT2D eigenvalue weighted by Gasteiger charge is -2.25. The van der Waals surface area contributed by atoms with Crippen LogP contribution >= 0.6 is 0 Å². The van der Waals surface area contributed by atoms with Crippen LogP contribution in [0.3, 0.4) is 0 Å². The zero-order valence-corrected chi connectivity index (χ0v) is 10.1. The maximum Gasteiger partial charge on any atom is 0.260 e. The van der Waals surface area contributed by atoms with E-state index in [4.69, 9.17) is 10.2 Å². The standard InChI is InChI=1S/C10H20N2O6/c1-5(2)10(18)12-11-3-6(14)8(16)9(17)7(15)4-13/h6-9,11,13-17H,1,3-4H2,2H3,(H,12,18). The molecule has 0 fully saturated rings. The Labute approximate surface area is 105 Å². The average Bonchev–Trinajstić information content (AvgIpc) is 2.35. The highest BCUT2D eigenvalue weighted by molar-refractivity contribution is 5.91. The van der Waals surface area contributed by atoms with Crippen molar-refractivity contribution < 1.29 is 30.3 Å². The second-order valence-corrected chi connectivity index (χ2v) is 3.91. The van der Waals surface area contributed by atoms with E-state index in [1.807, 2.05) is 0 Å². The van der Waals surface area contributed by atoms with Gasteiger partial charge in [-0.05, 0) is 6.92 Å².